The molecule has 11 nitrogen and oxygen atoms in total. The first-order valence-corrected chi connectivity index (χ1v) is 12.0. The number of esters is 1. The number of methoxy groups -OCH3 is 1. The highest BCUT2D eigenvalue weighted by Gasteiger charge is 2.19. The summed E-state index contributed by atoms with van der Waals surface area (Å²) in [6.45, 7) is 7.33. The lowest BCUT2D eigenvalue weighted by Crippen LogP contribution is -2.46. The van der Waals surface area contributed by atoms with Gasteiger partial charge in [0.25, 0.3) is 11.7 Å². The van der Waals surface area contributed by atoms with Gasteiger partial charge in [-0.1, -0.05) is 12.1 Å². The molecule has 2 heterocycles. The molecule has 0 spiro atoms. The van der Waals surface area contributed by atoms with E-state index in [1.807, 2.05) is 39.0 Å². The molecule has 0 unspecified atom stereocenters. The molecule has 0 saturated carbocycles. The molecule has 0 aliphatic heterocycles. The van der Waals surface area contributed by atoms with Gasteiger partial charge >= 0.3 is 12.0 Å². The van der Waals surface area contributed by atoms with Gasteiger partial charge in [0.2, 0.25) is 0 Å². The third-order valence-electron chi connectivity index (χ3n) is 5.26. The molecule has 0 atom stereocenters. The Kier molecular flexibility index (Phi) is 7.47. The molecule has 2 aromatic heterocycles. The molecule has 0 saturated heterocycles. The minimum atomic E-state index is -0.525. The summed E-state index contributed by atoms with van der Waals surface area (Å²) in [7, 11) is 1.52. The van der Waals surface area contributed by atoms with Crippen molar-refractivity contribution in [1.29, 1.82) is 0 Å². The largest absolute Gasteiger partial charge is 0.493 e. The molecule has 4 rings (SSSR count). The Morgan fingerprint density at radius 3 is 2.55 bits per heavy atom. The zero-order chi connectivity index (χ0) is 27.4. The van der Waals surface area contributed by atoms with E-state index < -0.39 is 5.60 Å². The second-order valence-corrected chi connectivity index (χ2v) is 9.59. The Labute approximate surface area is 219 Å². The van der Waals surface area contributed by atoms with Crippen molar-refractivity contribution >= 4 is 23.0 Å². The Morgan fingerprint density at radius 2 is 1.84 bits per heavy atom. The van der Waals surface area contributed by atoms with Gasteiger partial charge in [0.1, 0.15) is 22.7 Å². The molecular formula is C27H31N6O5+. The second kappa shape index (κ2) is 10.8. The Hall–Kier alpha value is -4.67. The van der Waals surface area contributed by atoms with Crippen LogP contribution in [-0.4, -0.2) is 44.5 Å². The maximum atomic E-state index is 12.1. The van der Waals surface area contributed by atoms with Crippen LogP contribution in [0.5, 0.6) is 29.1 Å². The lowest BCUT2D eigenvalue weighted by atomic mass is 10.1. The number of aromatic amines is 1. The topological polar surface area (TPSA) is 160 Å². The number of hydrogen-bond acceptors (Lipinski definition) is 8. The SMILES string of the molecule is COc1ccc(C(N)=[NH2+])cc1Oc1nc(Oc2cccc(CCC(=O)OC(C)(C)C)c2)c2[nH]c(C)nc2n1. The van der Waals surface area contributed by atoms with Crippen LogP contribution in [0.2, 0.25) is 0 Å². The van der Waals surface area contributed by atoms with Crippen molar-refractivity contribution in [3.63, 3.8) is 0 Å². The van der Waals surface area contributed by atoms with E-state index in [1.54, 1.807) is 31.2 Å². The van der Waals surface area contributed by atoms with Gasteiger partial charge in [-0.3, -0.25) is 15.9 Å². The summed E-state index contributed by atoms with van der Waals surface area (Å²) in [4.78, 5) is 28.5. The van der Waals surface area contributed by atoms with Crippen molar-refractivity contribution in [1.82, 2.24) is 19.9 Å². The highest BCUT2D eigenvalue weighted by molar-refractivity contribution is 5.93. The fourth-order valence-electron chi connectivity index (χ4n) is 3.64. The third kappa shape index (κ3) is 6.55. The molecule has 5 N–H and O–H groups in total. The van der Waals surface area contributed by atoms with E-state index in [9.17, 15) is 4.79 Å². The predicted molar refractivity (Wildman–Crippen MR) is 140 cm³/mol. The van der Waals surface area contributed by atoms with Gasteiger partial charge in [-0.15, -0.1) is 0 Å². The van der Waals surface area contributed by atoms with Crippen molar-refractivity contribution in [3.8, 4) is 29.1 Å². The number of ether oxygens (including phenoxy) is 4. The van der Waals surface area contributed by atoms with Crippen LogP contribution < -0.4 is 25.4 Å². The second-order valence-electron chi connectivity index (χ2n) is 9.59. The fourth-order valence-corrected chi connectivity index (χ4v) is 3.64. The third-order valence-corrected chi connectivity index (χ3v) is 5.26. The number of H-pyrrole nitrogens is 1. The van der Waals surface area contributed by atoms with Crippen LogP contribution in [-0.2, 0) is 16.0 Å². The number of benzene rings is 2. The molecule has 4 aromatic rings. The van der Waals surface area contributed by atoms with E-state index in [-0.39, 0.29) is 30.1 Å². The number of carbonyl (C=O) groups excluding carboxylic acids is 1. The molecule has 198 valence electrons. The Bertz CT molecular complexity index is 1490. The number of carbonyl (C=O) groups is 1. The number of imidazole rings is 1. The molecule has 2 aromatic carbocycles. The highest BCUT2D eigenvalue weighted by atomic mass is 16.6. The summed E-state index contributed by atoms with van der Waals surface area (Å²) in [6, 6.07) is 12.4. The smallest absolute Gasteiger partial charge is 0.327 e. The summed E-state index contributed by atoms with van der Waals surface area (Å²) in [5.74, 6) is 2.01. The number of rotatable bonds is 9. The minimum absolute atomic E-state index is 0.00822. The van der Waals surface area contributed by atoms with Crippen LogP contribution in [0, 0.1) is 6.92 Å². The van der Waals surface area contributed by atoms with Gasteiger partial charge in [0.05, 0.1) is 12.7 Å². The molecule has 0 radical (unpaired) electrons. The maximum absolute atomic E-state index is 12.1. The number of fused-ring (bicyclic) bond motifs is 1. The lowest BCUT2D eigenvalue weighted by molar-refractivity contribution is -0.154. The van der Waals surface area contributed by atoms with Crippen molar-refractivity contribution in [2.24, 2.45) is 5.73 Å². The maximum Gasteiger partial charge on any atom is 0.327 e. The van der Waals surface area contributed by atoms with Crippen molar-refractivity contribution in [2.75, 3.05) is 7.11 Å². The molecule has 38 heavy (non-hydrogen) atoms. The standard InChI is InChI=1S/C27H30N6O5/c1-15-30-22-24(31-15)32-26(37-20-14-17(23(28)29)10-11-19(20)35-5)33-25(22)36-18-8-6-7-16(13-18)9-12-21(34)38-27(2,3)4/h6-8,10-11,13-14H,9,12H2,1-5H3,(H3,28,29)(H,30,31,32,33)/p+1. The monoisotopic (exact) mass is 519 g/mol. The quantitative estimate of drug-likeness (QED) is 0.172. The molecule has 0 fully saturated rings. The van der Waals surface area contributed by atoms with Crippen LogP contribution in [0.15, 0.2) is 42.5 Å². The van der Waals surface area contributed by atoms with E-state index in [1.165, 1.54) is 7.11 Å². The van der Waals surface area contributed by atoms with Gasteiger partial charge in [-0.25, -0.2) is 4.98 Å². The lowest BCUT2D eigenvalue weighted by Gasteiger charge is -2.19. The van der Waals surface area contributed by atoms with Crippen LogP contribution in [0.25, 0.3) is 11.2 Å². The number of nitrogens with zero attached hydrogens (tertiary/aromatic N) is 3. The average Bonchev–Trinajstić information content (AvgIpc) is 3.22. The summed E-state index contributed by atoms with van der Waals surface area (Å²) < 4.78 is 22.9. The van der Waals surface area contributed by atoms with E-state index in [0.29, 0.717) is 46.2 Å². The first-order valence-electron chi connectivity index (χ1n) is 12.0. The summed E-state index contributed by atoms with van der Waals surface area (Å²) in [6.07, 6.45) is 0.752. The van der Waals surface area contributed by atoms with Gasteiger partial charge < -0.3 is 23.9 Å². The molecular weight excluding hydrogens is 488 g/mol. The van der Waals surface area contributed by atoms with E-state index in [0.717, 1.165) is 5.56 Å². The Morgan fingerprint density at radius 1 is 1.05 bits per heavy atom. The van der Waals surface area contributed by atoms with Crippen LogP contribution >= 0.6 is 0 Å². The van der Waals surface area contributed by atoms with Gasteiger partial charge in [0, 0.05) is 12.5 Å². The van der Waals surface area contributed by atoms with Crippen molar-refractivity contribution in [2.45, 2.75) is 46.1 Å². The molecule has 11 heteroatoms. The summed E-state index contributed by atoms with van der Waals surface area (Å²) in [5.41, 5.74) is 7.56. The van der Waals surface area contributed by atoms with Gasteiger partial charge in [-0.2, -0.15) is 9.97 Å². The average molecular weight is 520 g/mol. The first-order chi connectivity index (χ1) is 18.0. The minimum Gasteiger partial charge on any atom is -0.493 e. The molecule has 0 aliphatic rings. The number of nitrogens with two attached hydrogens (primary N) is 2. The zero-order valence-corrected chi connectivity index (χ0v) is 22.0. The highest BCUT2D eigenvalue weighted by Crippen LogP contribution is 2.34. The van der Waals surface area contributed by atoms with E-state index in [4.69, 9.17) is 30.1 Å². The first kappa shape index (κ1) is 26.4. The summed E-state index contributed by atoms with van der Waals surface area (Å²) >= 11 is 0. The van der Waals surface area contributed by atoms with Crippen LogP contribution in [0.3, 0.4) is 0 Å². The van der Waals surface area contributed by atoms with E-state index >= 15 is 0 Å². The summed E-state index contributed by atoms with van der Waals surface area (Å²) in [5, 5.41) is 5.74. The number of aryl methyl sites for hydroxylation is 2. The number of hydrogen-bond donors (Lipinski definition) is 3. The number of aromatic nitrogens is 4. The van der Waals surface area contributed by atoms with Gasteiger partial charge in [0.15, 0.2) is 17.1 Å². The Balaban J connectivity index is 1.60. The molecule has 0 amide bonds. The van der Waals surface area contributed by atoms with Crippen molar-refractivity contribution in [3.05, 3.63) is 59.4 Å². The van der Waals surface area contributed by atoms with Crippen molar-refractivity contribution < 1.29 is 29.2 Å². The van der Waals surface area contributed by atoms with Crippen LogP contribution in [0.1, 0.15) is 44.1 Å². The molecule has 0 bridgehead atoms. The number of amidine groups is 1. The number of nitrogens with one attached hydrogen (secondary N) is 1. The van der Waals surface area contributed by atoms with E-state index in [2.05, 4.69) is 19.9 Å². The molecule has 0 aliphatic carbocycles. The normalized spacial score (nSPS) is 11.3. The zero-order valence-electron chi connectivity index (χ0n) is 22.0. The van der Waals surface area contributed by atoms with Gasteiger partial charge in [-0.05, 0) is 63.9 Å². The fraction of sp³-hybridized carbons (Fsp3) is 0.296. The van der Waals surface area contributed by atoms with Crippen LogP contribution in [0.4, 0.5) is 0 Å². The predicted octanol–water partition coefficient (Wildman–Crippen LogP) is 2.99.